The first-order valence-corrected chi connectivity index (χ1v) is 7.41. The number of benzene rings is 1. The van der Waals surface area contributed by atoms with Gasteiger partial charge in [-0.25, -0.2) is 0 Å². The molecular formula is C16H27N3. The topological polar surface area (TPSA) is 18.5 Å². The molecular weight excluding hydrogens is 234 g/mol. The van der Waals surface area contributed by atoms with Crippen LogP contribution in [0.25, 0.3) is 0 Å². The predicted octanol–water partition coefficient (Wildman–Crippen LogP) is 2.05. The zero-order valence-electron chi connectivity index (χ0n) is 12.5. The summed E-state index contributed by atoms with van der Waals surface area (Å²) in [5.74, 6) is 0.702. The molecule has 0 aliphatic carbocycles. The maximum atomic E-state index is 3.29. The van der Waals surface area contributed by atoms with Crippen LogP contribution in [-0.4, -0.2) is 50.7 Å². The van der Waals surface area contributed by atoms with E-state index in [4.69, 9.17) is 0 Å². The fourth-order valence-corrected chi connectivity index (χ4v) is 2.88. The van der Waals surface area contributed by atoms with Gasteiger partial charge in [-0.2, -0.15) is 0 Å². The maximum absolute atomic E-state index is 3.29. The molecule has 1 fully saturated rings. The smallest absolute Gasteiger partial charge is 0.0367 e. The van der Waals surface area contributed by atoms with Crippen LogP contribution in [0.3, 0.4) is 0 Å². The lowest BCUT2D eigenvalue weighted by atomic mass is 10.0. The van der Waals surface area contributed by atoms with Gasteiger partial charge in [-0.15, -0.1) is 0 Å². The summed E-state index contributed by atoms with van der Waals surface area (Å²) in [6.07, 6.45) is 0. The van der Waals surface area contributed by atoms with E-state index >= 15 is 0 Å². The van der Waals surface area contributed by atoms with E-state index in [0.717, 1.165) is 19.6 Å². The van der Waals surface area contributed by atoms with E-state index in [-0.39, 0.29) is 0 Å². The van der Waals surface area contributed by atoms with E-state index in [1.165, 1.54) is 18.8 Å². The second kappa shape index (κ2) is 6.92. The van der Waals surface area contributed by atoms with Crippen LogP contribution in [0.2, 0.25) is 0 Å². The van der Waals surface area contributed by atoms with Gasteiger partial charge in [0.2, 0.25) is 0 Å². The van der Waals surface area contributed by atoms with E-state index in [2.05, 4.69) is 59.3 Å². The molecule has 1 aromatic carbocycles. The highest BCUT2D eigenvalue weighted by Gasteiger charge is 2.24. The molecule has 1 heterocycles. The summed E-state index contributed by atoms with van der Waals surface area (Å²) >= 11 is 0. The summed E-state index contributed by atoms with van der Waals surface area (Å²) in [6, 6.07) is 11.4. The van der Waals surface area contributed by atoms with Crippen LogP contribution in [0, 0.1) is 5.92 Å². The third-order valence-corrected chi connectivity index (χ3v) is 4.36. The summed E-state index contributed by atoms with van der Waals surface area (Å²) in [5, 5.41) is 3.29. The molecule has 1 aromatic rings. The third-order valence-electron chi connectivity index (χ3n) is 4.36. The van der Waals surface area contributed by atoms with Crippen LogP contribution in [-0.2, 0) is 0 Å². The fourth-order valence-electron chi connectivity index (χ4n) is 2.88. The van der Waals surface area contributed by atoms with Crippen molar-refractivity contribution in [3.63, 3.8) is 0 Å². The second-order valence-corrected chi connectivity index (χ2v) is 5.63. The summed E-state index contributed by atoms with van der Waals surface area (Å²) < 4.78 is 0. The number of nitrogens with one attached hydrogen (secondary N) is 1. The number of rotatable bonds is 5. The third kappa shape index (κ3) is 3.71. The van der Waals surface area contributed by atoms with Gasteiger partial charge in [-0.05, 0) is 38.6 Å². The van der Waals surface area contributed by atoms with Crippen LogP contribution in [0.4, 0.5) is 5.69 Å². The first-order chi connectivity index (χ1) is 9.22. The number of para-hydroxylation sites is 1. The highest BCUT2D eigenvalue weighted by Crippen LogP contribution is 2.18. The van der Waals surface area contributed by atoms with Crippen molar-refractivity contribution in [2.75, 3.05) is 44.7 Å². The van der Waals surface area contributed by atoms with E-state index in [1.54, 1.807) is 0 Å². The molecule has 0 bridgehead atoms. The second-order valence-electron chi connectivity index (χ2n) is 5.63. The zero-order valence-corrected chi connectivity index (χ0v) is 12.5. The van der Waals surface area contributed by atoms with Crippen molar-refractivity contribution < 1.29 is 0 Å². The van der Waals surface area contributed by atoms with E-state index in [0.29, 0.717) is 12.0 Å². The van der Waals surface area contributed by atoms with Crippen LogP contribution in [0.1, 0.15) is 13.8 Å². The summed E-state index contributed by atoms with van der Waals surface area (Å²) in [6.45, 7) is 10.4. The standard InChI is InChI=1S/C16H27N3/c1-14(13-17-3)15(2)18-9-11-19(12-10-18)16-7-5-4-6-8-16/h4-8,14-15,17H,9-13H2,1-3H3. The number of hydrogen-bond acceptors (Lipinski definition) is 3. The average Bonchev–Trinajstić information content (AvgIpc) is 2.48. The molecule has 0 radical (unpaired) electrons. The Kier molecular flexibility index (Phi) is 5.23. The molecule has 0 saturated carbocycles. The molecule has 1 aliphatic rings. The maximum Gasteiger partial charge on any atom is 0.0367 e. The van der Waals surface area contributed by atoms with Gasteiger partial charge in [0, 0.05) is 37.9 Å². The van der Waals surface area contributed by atoms with Crippen LogP contribution >= 0.6 is 0 Å². The summed E-state index contributed by atoms with van der Waals surface area (Å²) in [4.78, 5) is 5.12. The van der Waals surface area contributed by atoms with Gasteiger partial charge in [-0.1, -0.05) is 25.1 Å². The van der Waals surface area contributed by atoms with Crippen LogP contribution in [0.15, 0.2) is 30.3 Å². The van der Waals surface area contributed by atoms with Gasteiger partial charge in [0.15, 0.2) is 0 Å². The number of nitrogens with zero attached hydrogens (tertiary/aromatic N) is 2. The number of piperazine rings is 1. The molecule has 1 aliphatic heterocycles. The average molecular weight is 261 g/mol. The van der Waals surface area contributed by atoms with Gasteiger partial charge in [-0.3, -0.25) is 4.90 Å². The Labute approximate surface area is 117 Å². The van der Waals surface area contributed by atoms with E-state index in [9.17, 15) is 0 Å². The van der Waals surface area contributed by atoms with Gasteiger partial charge in [0.25, 0.3) is 0 Å². The Morgan fingerprint density at radius 1 is 1.05 bits per heavy atom. The Morgan fingerprint density at radius 3 is 2.26 bits per heavy atom. The SMILES string of the molecule is CNCC(C)C(C)N1CCN(c2ccccc2)CC1. The molecule has 0 aromatic heterocycles. The minimum Gasteiger partial charge on any atom is -0.369 e. The highest BCUT2D eigenvalue weighted by atomic mass is 15.3. The molecule has 19 heavy (non-hydrogen) atoms. The molecule has 0 spiro atoms. The quantitative estimate of drug-likeness (QED) is 0.875. The van der Waals surface area contributed by atoms with Crippen molar-refractivity contribution in [2.45, 2.75) is 19.9 Å². The molecule has 3 heteroatoms. The largest absolute Gasteiger partial charge is 0.369 e. The summed E-state index contributed by atoms with van der Waals surface area (Å²) in [5.41, 5.74) is 1.36. The Bertz CT molecular complexity index is 358. The lowest BCUT2D eigenvalue weighted by molar-refractivity contribution is 0.152. The first-order valence-electron chi connectivity index (χ1n) is 7.41. The van der Waals surface area contributed by atoms with Crippen LogP contribution in [0.5, 0.6) is 0 Å². The molecule has 2 unspecified atom stereocenters. The minimum atomic E-state index is 0.658. The normalized spacial score (nSPS) is 20.3. The van der Waals surface area contributed by atoms with Crippen LogP contribution < -0.4 is 10.2 Å². The van der Waals surface area contributed by atoms with Crippen molar-refractivity contribution in [3.05, 3.63) is 30.3 Å². The zero-order chi connectivity index (χ0) is 13.7. The van der Waals surface area contributed by atoms with E-state index in [1.807, 2.05) is 7.05 Å². The van der Waals surface area contributed by atoms with Crippen molar-refractivity contribution in [3.8, 4) is 0 Å². The molecule has 3 nitrogen and oxygen atoms in total. The lowest BCUT2D eigenvalue weighted by Crippen LogP contribution is -2.52. The van der Waals surface area contributed by atoms with Crippen molar-refractivity contribution >= 4 is 5.69 Å². The minimum absolute atomic E-state index is 0.658. The Morgan fingerprint density at radius 2 is 1.68 bits per heavy atom. The van der Waals surface area contributed by atoms with E-state index < -0.39 is 0 Å². The number of hydrogen-bond donors (Lipinski definition) is 1. The predicted molar refractivity (Wildman–Crippen MR) is 82.8 cm³/mol. The fraction of sp³-hybridized carbons (Fsp3) is 0.625. The lowest BCUT2D eigenvalue weighted by Gasteiger charge is -2.41. The van der Waals surface area contributed by atoms with Gasteiger partial charge in [0.1, 0.15) is 0 Å². The van der Waals surface area contributed by atoms with Crippen molar-refractivity contribution in [1.82, 2.24) is 10.2 Å². The first kappa shape index (κ1) is 14.4. The van der Waals surface area contributed by atoms with Crippen molar-refractivity contribution in [1.29, 1.82) is 0 Å². The monoisotopic (exact) mass is 261 g/mol. The Hall–Kier alpha value is -1.06. The number of anilines is 1. The molecule has 2 rings (SSSR count). The summed E-state index contributed by atoms with van der Waals surface area (Å²) in [7, 11) is 2.04. The van der Waals surface area contributed by atoms with Crippen molar-refractivity contribution in [2.24, 2.45) is 5.92 Å². The highest BCUT2D eigenvalue weighted by molar-refractivity contribution is 5.46. The van der Waals surface area contributed by atoms with Gasteiger partial charge in [0.05, 0.1) is 0 Å². The van der Waals surface area contributed by atoms with Gasteiger partial charge >= 0.3 is 0 Å². The molecule has 2 atom stereocenters. The molecule has 1 N–H and O–H groups in total. The molecule has 0 amide bonds. The molecule has 106 valence electrons. The van der Waals surface area contributed by atoms with Gasteiger partial charge < -0.3 is 10.2 Å². The Balaban J connectivity index is 1.85. The molecule has 1 saturated heterocycles.